The summed E-state index contributed by atoms with van der Waals surface area (Å²) >= 11 is 1.50. The minimum atomic E-state index is -0.753. The highest BCUT2D eigenvalue weighted by Gasteiger charge is 2.40. The van der Waals surface area contributed by atoms with Crippen molar-refractivity contribution in [2.45, 2.75) is 37.2 Å². The molecule has 0 aliphatic carbocycles. The molecule has 1 N–H and O–H groups in total. The average Bonchev–Trinajstić information content (AvgIpc) is 3.51. The van der Waals surface area contributed by atoms with Crippen LogP contribution in [0.4, 0.5) is 5.69 Å². The monoisotopic (exact) mass is 557 g/mol. The van der Waals surface area contributed by atoms with Crippen molar-refractivity contribution in [1.82, 2.24) is 20.2 Å². The number of anilines is 1. The SMILES string of the molecule is C[C@H]1[C@@H](CSc2nnnn2C)O[C@@H](c2cccc(N3C(=O)c4ccccc4C3=O)c2)O[C@H]1c1ccc(CO)cc1. The molecule has 1 saturated heterocycles. The summed E-state index contributed by atoms with van der Waals surface area (Å²) in [6.45, 7) is 2.04. The summed E-state index contributed by atoms with van der Waals surface area (Å²) in [6.07, 6.45) is -1.29. The second kappa shape index (κ2) is 10.9. The molecule has 0 spiro atoms. The van der Waals surface area contributed by atoms with E-state index >= 15 is 0 Å². The highest BCUT2D eigenvalue weighted by Crippen LogP contribution is 2.43. The lowest BCUT2D eigenvalue weighted by Crippen LogP contribution is -2.38. The number of imide groups is 1. The Hall–Kier alpha value is -3.90. The van der Waals surface area contributed by atoms with E-state index in [0.29, 0.717) is 33.3 Å². The third kappa shape index (κ3) is 4.81. The molecule has 1 aromatic heterocycles. The minimum absolute atomic E-state index is 0.0238. The summed E-state index contributed by atoms with van der Waals surface area (Å²) in [6, 6.07) is 21.7. The van der Waals surface area contributed by atoms with Gasteiger partial charge < -0.3 is 14.6 Å². The molecule has 2 amide bonds. The molecule has 6 rings (SSSR count). The lowest BCUT2D eigenvalue weighted by molar-refractivity contribution is -0.268. The molecule has 10 nitrogen and oxygen atoms in total. The Kier molecular flexibility index (Phi) is 7.20. The molecule has 0 bridgehead atoms. The number of hydrogen-bond donors (Lipinski definition) is 1. The van der Waals surface area contributed by atoms with Gasteiger partial charge in [0.15, 0.2) is 6.29 Å². The van der Waals surface area contributed by atoms with Crippen LogP contribution in [0.5, 0.6) is 0 Å². The van der Waals surface area contributed by atoms with E-state index < -0.39 is 6.29 Å². The number of tetrazole rings is 1. The van der Waals surface area contributed by atoms with Crippen molar-refractivity contribution < 1.29 is 24.2 Å². The summed E-state index contributed by atoms with van der Waals surface area (Å²) in [5.41, 5.74) is 3.69. The standard InChI is InChI=1S/C29H27N5O5S/c1-17-24(16-40-29-30-31-32-33(29)2)38-28(39-25(17)19-12-10-18(15-35)11-13-19)20-6-5-7-21(14-20)34-26(36)22-8-3-4-9-23(22)27(34)37/h3-14,17,24-25,28,35H,15-16H2,1-2H3/t17-,24+,25+,28+/m0/s1. The Labute approximate surface area is 234 Å². The summed E-state index contributed by atoms with van der Waals surface area (Å²) in [5.74, 6) is -0.154. The number of thioether (sulfide) groups is 1. The number of nitrogens with zero attached hydrogens (tertiary/aromatic N) is 5. The van der Waals surface area contributed by atoms with Gasteiger partial charge in [0.05, 0.1) is 35.6 Å². The van der Waals surface area contributed by atoms with Gasteiger partial charge in [0.1, 0.15) is 0 Å². The van der Waals surface area contributed by atoms with Crippen molar-refractivity contribution in [2.24, 2.45) is 13.0 Å². The van der Waals surface area contributed by atoms with Gasteiger partial charge in [-0.15, -0.1) is 5.10 Å². The lowest BCUT2D eigenvalue weighted by atomic mass is 9.91. The zero-order valence-corrected chi connectivity index (χ0v) is 22.7. The number of carbonyl (C=O) groups excluding carboxylic acids is 2. The van der Waals surface area contributed by atoms with Gasteiger partial charge in [0, 0.05) is 24.3 Å². The van der Waals surface area contributed by atoms with Crippen molar-refractivity contribution in [2.75, 3.05) is 10.7 Å². The fourth-order valence-corrected chi connectivity index (χ4v) is 6.06. The quantitative estimate of drug-likeness (QED) is 0.265. The predicted octanol–water partition coefficient (Wildman–Crippen LogP) is 4.09. The zero-order valence-electron chi connectivity index (χ0n) is 21.9. The number of amides is 2. The first-order chi connectivity index (χ1) is 19.4. The first-order valence-electron chi connectivity index (χ1n) is 12.9. The highest BCUT2D eigenvalue weighted by atomic mass is 32.2. The van der Waals surface area contributed by atoms with Crippen LogP contribution in [0.3, 0.4) is 0 Å². The van der Waals surface area contributed by atoms with Gasteiger partial charge in [0.25, 0.3) is 11.8 Å². The van der Waals surface area contributed by atoms with Crippen LogP contribution in [0, 0.1) is 5.92 Å². The van der Waals surface area contributed by atoms with Gasteiger partial charge in [-0.1, -0.05) is 67.2 Å². The van der Waals surface area contributed by atoms with Crippen LogP contribution in [0.1, 0.15) is 56.7 Å². The Morgan fingerprint density at radius 1 is 0.925 bits per heavy atom. The third-order valence-electron chi connectivity index (χ3n) is 7.28. The maximum Gasteiger partial charge on any atom is 0.266 e. The van der Waals surface area contributed by atoms with Crippen LogP contribution >= 0.6 is 11.8 Å². The van der Waals surface area contributed by atoms with Gasteiger partial charge in [-0.25, -0.2) is 9.58 Å². The molecule has 0 unspecified atom stereocenters. The third-order valence-corrected chi connectivity index (χ3v) is 8.38. The Morgan fingerprint density at radius 3 is 2.30 bits per heavy atom. The van der Waals surface area contributed by atoms with E-state index in [1.165, 1.54) is 16.7 Å². The fraction of sp³-hybridized carbons (Fsp3) is 0.276. The molecule has 2 aliphatic rings. The molecule has 40 heavy (non-hydrogen) atoms. The van der Waals surface area contributed by atoms with Crippen LogP contribution < -0.4 is 4.90 Å². The molecule has 4 aromatic rings. The Bertz CT molecular complexity index is 1520. The average molecular weight is 558 g/mol. The van der Waals surface area contributed by atoms with Crippen molar-refractivity contribution in [3.63, 3.8) is 0 Å². The number of carbonyl (C=O) groups is 2. The van der Waals surface area contributed by atoms with E-state index in [4.69, 9.17) is 9.47 Å². The van der Waals surface area contributed by atoms with Crippen LogP contribution in [0.25, 0.3) is 0 Å². The van der Waals surface area contributed by atoms with E-state index in [1.54, 1.807) is 54.2 Å². The van der Waals surface area contributed by atoms with Gasteiger partial charge >= 0.3 is 0 Å². The topological polar surface area (TPSA) is 120 Å². The molecule has 0 radical (unpaired) electrons. The predicted molar refractivity (Wildman–Crippen MR) is 147 cm³/mol. The summed E-state index contributed by atoms with van der Waals surface area (Å²) in [5, 5.41) is 21.9. The fourth-order valence-electron chi connectivity index (χ4n) is 5.04. The summed E-state index contributed by atoms with van der Waals surface area (Å²) < 4.78 is 14.7. The lowest BCUT2D eigenvalue weighted by Gasteiger charge is -2.41. The minimum Gasteiger partial charge on any atom is -0.392 e. The molecule has 2 aliphatic heterocycles. The first kappa shape index (κ1) is 26.3. The van der Waals surface area contributed by atoms with Gasteiger partial charge in [-0.3, -0.25) is 9.59 Å². The Morgan fingerprint density at radius 2 is 1.65 bits per heavy atom. The molecule has 4 atom stereocenters. The number of fused-ring (bicyclic) bond motifs is 1. The second-order valence-corrected chi connectivity index (χ2v) is 10.8. The molecule has 204 valence electrons. The number of aliphatic hydroxyl groups is 1. The normalized spacial score (nSPS) is 22.5. The van der Waals surface area contributed by atoms with Crippen LogP contribution in [-0.2, 0) is 23.1 Å². The van der Waals surface area contributed by atoms with Crippen LogP contribution in [0.2, 0.25) is 0 Å². The number of aliphatic hydroxyl groups excluding tert-OH is 1. The van der Waals surface area contributed by atoms with Crippen molar-refractivity contribution in [3.8, 4) is 0 Å². The van der Waals surface area contributed by atoms with Gasteiger partial charge in [0.2, 0.25) is 5.16 Å². The number of aromatic nitrogens is 4. The smallest absolute Gasteiger partial charge is 0.266 e. The summed E-state index contributed by atoms with van der Waals surface area (Å²) in [4.78, 5) is 27.4. The first-order valence-corrected chi connectivity index (χ1v) is 13.9. The van der Waals surface area contributed by atoms with E-state index in [0.717, 1.165) is 11.1 Å². The maximum absolute atomic E-state index is 13.1. The van der Waals surface area contributed by atoms with Crippen molar-refractivity contribution >= 4 is 29.3 Å². The second-order valence-electron chi connectivity index (χ2n) is 9.80. The number of hydrogen-bond acceptors (Lipinski definition) is 9. The van der Waals surface area contributed by atoms with E-state index in [2.05, 4.69) is 22.4 Å². The molecule has 0 saturated carbocycles. The molecule has 3 heterocycles. The Balaban J connectivity index is 1.30. The maximum atomic E-state index is 13.1. The van der Waals surface area contributed by atoms with Crippen LogP contribution in [0.15, 0.2) is 78.0 Å². The van der Waals surface area contributed by atoms with Gasteiger partial charge in [-0.05, 0) is 45.8 Å². The molecular weight excluding hydrogens is 530 g/mol. The van der Waals surface area contributed by atoms with E-state index in [-0.39, 0.29) is 36.5 Å². The van der Waals surface area contributed by atoms with Crippen molar-refractivity contribution in [3.05, 3.63) is 101 Å². The number of ether oxygens (including phenoxy) is 2. The summed E-state index contributed by atoms with van der Waals surface area (Å²) in [7, 11) is 1.79. The molecule has 1 fully saturated rings. The van der Waals surface area contributed by atoms with Crippen molar-refractivity contribution in [1.29, 1.82) is 0 Å². The van der Waals surface area contributed by atoms with E-state index in [1.807, 2.05) is 30.3 Å². The number of benzene rings is 3. The molecular formula is C29H27N5O5S. The number of rotatable bonds is 7. The zero-order chi connectivity index (χ0) is 27.8. The van der Waals surface area contributed by atoms with Crippen LogP contribution in [-0.4, -0.2) is 49.0 Å². The highest BCUT2D eigenvalue weighted by molar-refractivity contribution is 7.99. The molecule has 3 aromatic carbocycles. The largest absolute Gasteiger partial charge is 0.392 e. The number of aryl methyl sites for hydroxylation is 1. The molecule has 11 heteroatoms. The van der Waals surface area contributed by atoms with Gasteiger partial charge in [-0.2, -0.15) is 0 Å². The van der Waals surface area contributed by atoms with E-state index in [9.17, 15) is 14.7 Å².